The van der Waals surface area contributed by atoms with Crippen LogP contribution in [0.4, 0.5) is 0 Å². The van der Waals surface area contributed by atoms with Crippen molar-refractivity contribution in [2.24, 2.45) is 0 Å². The van der Waals surface area contributed by atoms with Crippen LogP contribution in [-0.2, 0) is 16.4 Å². The van der Waals surface area contributed by atoms with E-state index in [0.29, 0.717) is 13.0 Å². The number of rotatable bonds is 4. The van der Waals surface area contributed by atoms with Gasteiger partial charge in [0.25, 0.3) is 5.91 Å². The fourth-order valence-corrected chi connectivity index (χ4v) is 4.45. The molecular weight excluding hydrogens is 316 g/mol. The zero-order valence-corrected chi connectivity index (χ0v) is 13.6. The van der Waals surface area contributed by atoms with E-state index in [1.54, 1.807) is 17.9 Å². The molecular formula is C15H18N4O3S. The number of benzene rings is 1. The molecule has 1 atom stereocenters. The highest BCUT2D eigenvalue weighted by atomic mass is 32.2. The fourth-order valence-electron chi connectivity index (χ4n) is 2.67. The van der Waals surface area contributed by atoms with Gasteiger partial charge < -0.3 is 4.90 Å². The molecule has 0 aliphatic carbocycles. The number of nitrogens with zero attached hydrogens (tertiary/aromatic N) is 4. The maximum absolute atomic E-state index is 12.4. The predicted octanol–water partition coefficient (Wildman–Crippen LogP) is 0.586. The average Bonchev–Trinajstić information content (AvgIpc) is 3.13. The van der Waals surface area contributed by atoms with Crippen molar-refractivity contribution in [3.05, 3.63) is 47.8 Å². The van der Waals surface area contributed by atoms with Crippen molar-refractivity contribution in [3.63, 3.8) is 0 Å². The van der Waals surface area contributed by atoms with Crippen LogP contribution in [0.2, 0.25) is 0 Å². The minimum Gasteiger partial charge on any atom is -0.336 e. The number of sulfone groups is 1. The van der Waals surface area contributed by atoms with Crippen LogP contribution in [0, 0.1) is 0 Å². The van der Waals surface area contributed by atoms with Gasteiger partial charge >= 0.3 is 0 Å². The lowest BCUT2D eigenvalue weighted by Crippen LogP contribution is -2.38. The van der Waals surface area contributed by atoms with E-state index in [1.165, 1.54) is 4.90 Å². The Morgan fingerprint density at radius 2 is 2.09 bits per heavy atom. The molecule has 23 heavy (non-hydrogen) atoms. The van der Waals surface area contributed by atoms with Gasteiger partial charge in [-0.15, -0.1) is 5.10 Å². The summed E-state index contributed by atoms with van der Waals surface area (Å²) in [6, 6.07) is 9.47. The van der Waals surface area contributed by atoms with Crippen molar-refractivity contribution in [2.45, 2.75) is 19.0 Å². The molecule has 1 aliphatic rings. The molecule has 122 valence electrons. The molecule has 8 heteroatoms. The first-order valence-corrected chi connectivity index (χ1v) is 9.18. The quantitative estimate of drug-likeness (QED) is 0.817. The molecule has 3 rings (SSSR count). The Kier molecular flexibility index (Phi) is 4.16. The first kappa shape index (κ1) is 15.7. The summed E-state index contributed by atoms with van der Waals surface area (Å²) in [6.45, 7) is 0.530. The van der Waals surface area contributed by atoms with E-state index in [0.717, 1.165) is 5.56 Å². The molecule has 0 unspecified atom stereocenters. The summed E-state index contributed by atoms with van der Waals surface area (Å²) in [5.74, 6) is -0.143. The lowest BCUT2D eigenvalue weighted by Gasteiger charge is -2.21. The predicted molar refractivity (Wildman–Crippen MR) is 84.7 cm³/mol. The third-order valence-electron chi connectivity index (χ3n) is 4.02. The summed E-state index contributed by atoms with van der Waals surface area (Å²) in [6.07, 6.45) is 2.07. The molecule has 1 fully saturated rings. The first-order valence-electron chi connectivity index (χ1n) is 7.36. The van der Waals surface area contributed by atoms with E-state index in [4.69, 9.17) is 0 Å². The highest BCUT2D eigenvalue weighted by Crippen LogP contribution is 2.18. The summed E-state index contributed by atoms with van der Waals surface area (Å²) < 4.78 is 24.7. The fraction of sp³-hybridized carbons (Fsp3) is 0.400. The molecule has 0 N–H and O–H groups in total. The van der Waals surface area contributed by atoms with E-state index in [1.807, 2.05) is 30.3 Å². The molecule has 2 aromatic rings. The van der Waals surface area contributed by atoms with Crippen LogP contribution in [0.25, 0.3) is 0 Å². The first-order chi connectivity index (χ1) is 10.9. The lowest BCUT2D eigenvalue weighted by molar-refractivity contribution is 0.0741. The third-order valence-corrected chi connectivity index (χ3v) is 5.77. The van der Waals surface area contributed by atoms with Gasteiger partial charge in [-0.1, -0.05) is 35.5 Å². The highest BCUT2D eigenvalue weighted by Gasteiger charge is 2.33. The van der Waals surface area contributed by atoms with Crippen LogP contribution in [0.5, 0.6) is 0 Å². The van der Waals surface area contributed by atoms with E-state index in [-0.39, 0.29) is 29.1 Å². The Hall–Kier alpha value is -2.22. The Morgan fingerprint density at radius 3 is 2.74 bits per heavy atom. The number of carbonyl (C=O) groups excluding carboxylic acids is 1. The highest BCUT2D eigenvalue weighted by molar-refractivity contribution is 7.91. The van der Waals surface area contributed by atoms with Gasteiger partial charge in [-0.05, 0) is 12.0 Å². The van der Waals surface area contributed by atoms with Gasteiger partial charge in [0.1, 0.15) is 0 Å². The summed E-state index contributed by atoms with van der Waals surface area (Å²) in [4.78, 5) is 13.9. The maximum atomic E-state index is 12.4. The molecule has 0 spiro atoms. The lowest BCUT2D eigenvalue weighted by atomic mass is 10.2. The average molecular weight is 334 g/mol. The van der Waals surface area contributed by atoms with Gasteiger partial charge in [0.05, 0.1) is 24.2 Å². The Labute approximate surface area is 134 Å². The SMILES string of the molecule is CN(C(=O)c1cn(Cc2ccccc2)nn1)[C@@H]1CCS(=O)(=O)C1. The van der Waals surface area contributed by atoms with Crippen molar-refractivity contribution in [1.29, 1.82) is 0 Å². The Bertz CT molecular complexity index is 801. The van der Waals surface area contributed by atoms with Gasteiger partial charge in [0.2, 0.25) is 0 Å². The summed E-state index contributed by atoms with van der Waals surface area (Å²) >= 11 is 0. The summed E-state index contributed by atoms with van der Waals surface area (Å²) in [5, 5.41) is 7.88. The molecule has 0 bridgehead atoms. The minimum atomic E-state index is -3.03. The Morgan fingerprint density at radius 1 is 1.35 bits per heavy atom. The van der Waals surface area contributed by atoms with Crippen LogP contribution in [-0.4, -0.2) is 58.8 Å². The van der Waals surface area contributed by atoms with E-state index in [9.17, 15) is 13.2 Å². The molecule has 1 saturated heterocycles. The number of hydrogen-bond acceptors (Lipinski definition) is 5. The standard InChI is InChI=1S/C15H18N4O3S/c1-18(13-7-8-23(21,22)11-13)15(20)14-10-19(17-16-14)9-12-5-3-2-4-6-12/h2-6,10,13H,7-9,11H2,1H3/t13-/m1/s1. The molecule has 0 radical (unpaired) electrons. The Balaban J connectivity index is 1.69. The van der Waals surface area contributed by atoms with E-state index >= 15 is 0 Å². The number of carbonyl (C=O) groups is 1. The van der Waals surface area contributed by atoms with Gasteiger partial charge in [0, 0.05) is 13.1 Å². The normalized spacial score (nSPS) is 19.6. The molecule has 1 aliphatic heterocycles. The monoisotopic (exact) mass is 334 g/mol. The van der Waals surface area contributed by atoms with Crippen molar-refractivity contribution in [1.82, 2.24) is 19.9 Å². The smallest absolute Gasteiger partial charge is 0.276 e. The van der Waals surface area contributed by atoms with Gasteiger partial charge in [0.15, 0.2) is 15.5 Å². The van der Waals surface area contributed by atoms with Crippen molar-refractivity contribution >= 4 is 15.7 Å². The third kappa shape index (κ3) is 3.58. The molecule has 1 aromatic carbocycles. The van der Waals surface area contributed by atoms with Gasteiger partial charge in [-0.2, -0.15) is 0 Å². The second-order valence-corrected chi connectivity index (χ2v) is 7.99. The zero-order chi connectivity index (χ0) is 16.4. The second-order valence-electron chi connectivity index (χ2n) is 5.76. The molecule has 0 saturated carbocycles. The van der Waals surface area contributed by atoms with Crippen molar-refractivity contribution in [2.75, 3.05) is 18.6 Å². The van der Waals surface area contributed by atoms with Crippen molar-refractivity contribution in [3.8, 4) is 0 Å². The van der Waals surface area contributed by atoms with Crippen LogP contribution >= 0.6 is 0 Å². The van der Waals surface area contributed by atoms with Crippen LogP contribution in [0.3, 0.4) is 0 Å². The number of hydrogen-bond donors (Lipinski definition) is 0. The van der Waals surface area contributed by atoms with Crippen LogP contribution in [0.15, 0.2) is 36.5 Å². The summed E-state index contributed by atoms with van der Waals surface area (Å²) in [5.41, 5.74) is 1.29. The molecule has 1 aromatic heterocycles. The zero-order valence-electron chi connectivity index (χ0n) is 12.8. The summed E-state index contributed by atoms with van der Waals surface area (Å²) in [7, 11) is -1.41. The maximum Gasteiger partial charge on any atom is 0.276 e. The van der Waals surface area contributed by atoms with Crippen LogP contribution in [0.1, 0.15) is 22.5 Å². The van der Waals surface area contributed by atoms with Gasteiger partial charge in [-0.3, -0.25) is 4.79 Å². The minimum absolute atomic E-state index is 0.0212. The number of amides is 1. The van der Waals surface area contributed by atoms with Crippen molar-refractivity contribution < 1.29 is 13.2 Å². The largest absolute Gasteiger partial charge is 0.336 e. The number of aromatic nitrogens is 3. The van der Waals surface area contributed by atoms with Crippen LogP contribution < -0.4 is 0 Å². The van der Waals surface area contributed by atoms with E-state index in [2.05, 4.69) is 10.3 Å². The molecule has 7 nitrogen and oxygen atoms in total. The van der Waals surface area contributed by atoms with E-state index < -0.39 is 9.84 Å². The topological polar surface area (TPSA) is 85.2 Å². The van der Waals surface area contributed by atoms with Gasteiger partial charge in [-0.25, -0.2) is 13.1 Å². The molecule has 2 heterocycles. The second kappa shape index (κ2) is 6.11. The molecule has 1 amide bonds.